The normalized spacial score (nSPS) is 13.7. The first-order valence-corrected chi connectivity index (χ1v) is 12.1. The lowest BCUT2D eigenvalue weighted by atomic mass is 10.1. The van der Waals surface area contributed by atoms with Gasteiger partial charge in [0, 0.05) is 47.7 Å². The zero-order valence-electron chi connectivity index (χ0n) is 21.1. The summed E-state index contributed by atoms with van der Waals surface area (Å²) in [4.78, 5) is 29.3. The highest BCUT2D eigenvalue weighted by Crippen LogP contribution is 2.23. The van der Waals surface area contributed by atoms with Crippen LogP contribution in [-0.4, -0.2) is 60.9 Å². The number of amidine groups is 1. The Morgan fingerprint density at radius 2 is 1.71 bits per heavy atom. The van der Waals surface area contributed by atoms with Crippen LogP contribution in [-0.2, 0) is 6.61 Å². The lowest BCUT2D eigenvalue weighted by Gasteiger charge is -2.23. The number of nitrogen functional groups attached to an aromatic ring is 1. The number of anilines is 2. The number of carbonyl (C=O) groups is 2. The molecule has 3 aromatic carbocycles. The van der Waals surface area contributed by atoms with Crippen molar-refractivity contribution in [2.75, 3.05) is 43.4 Å². The van der Waals surface area contributed by atoms with Gasteiger partial charge in [0.25, 0.3) is 5.91 Å². The largest absolute Gasteiger partial charge is 0.489 e. The van der Waals surface area contributed by atoms with Crippen LogP contribution < -0.4 is 20.7 Å². The van der Waals surface area contributed by atoms with E-state index in [0.717, 1.165) is 38.3 Å². The van der Waals surface area contributed by atoms with E-state index in [9.17, 15) is 14.7 Å². The van der Waals surface area contributed by atoms with Gasteiger partial charge >= 0.3 is 5.97 Å². The number of carbonyl (C=O) groups excluding carboxylic acids is 1. The Morgan fingerprint density at radius 3 is 2.42 bits per heavy atom. The van der Waals surface area contributed by atoms with E-state index in [1.54, 1.807) is 42.5 Å². The third-order valence-electron chi connectivity index (χ3n) is 6.36. The van der Waals surface area contributed by atoms with Gasteiger partial charge in [0.05, 0.1) is 5.56 Å². The third-order valence-corrected chi connectivity index (χ3v) is 6.36. The maximum atomic E-state index is 13.1. The zero-order valence-corrected chi connectivity index (χ0v) is 22.0. The zero-order chi connectivity index (χ0) is 26.4. The molecule has 0 aliphatic carbocycles. The van der Waals surface area contributed by atoms with Gasteiger partial charge in [-0.15, -0.1) is 12.4 Å². The average Bonchev–Trinajstić information content (AvgIpc) is 3.12. The molecule has 1 saturated heterocycles. The van der Waals surface area contributed by atoms with Gasteiger partial charge in [-0.25, -0.2) is 4.79 Å². The van der Waals surface area contributed by atoms with Crippen molar-refractivity contribution < 1.29 is 19.4 Å². The van der Waals surface area contributed by atoms with E-state index in [2.05, 4.69) is 22.2 Å². The number of halogens is 1. The summed E-state index contributed by atoms with van der Waals surface area (Å²) in [7, 11) is 2.12. The minimum absolute atomic E-state index is 0. The first-order chi connectivity index (χ1) is 17.8. The van der Waals surface area contributed by atoms with Crippen LogP contribution in [0.1, 0.15) is 38.3 Å². The van der Waals surface area contributed by atoms with E-state index < -0.39 is 5.97 Å². The Bertz CT molecular complexity index is 1300. The third kappa shape index (κ3) is 7.24. The Morgan fingerprint density at radius 1 is 0.974 bits per heavy atom. The Hall–Kier alpha value is -4.08. The van der Waals surface area contributed by atoms with Gasteiger partial charge in [-0.05, 0) is 68.5 Å². The first kappa shape index (κ1) is 28.5. The Labute approximate surface area is 228 Å². The quantitative estimate of drug-likeness (QED) is 0.251. The number of nitrogens with two attached hydrogens (primary N) is 1. The number of benzene rings is 3. The molecule has 1 fully saturated rings. The predicted molar refractivity (Wildman–Crippen MR) is 151 cm³/mol. The summed E-state index contributed by atoms with van der Waals surface area (Å²) in [5.74, 6) is -1.00. The van der Waals surface area contributed by atoms with E-state index in [4.69, 9.17) is 15.9 Å². The molecule has 0 unspecified atom stereocenters. The van der Waals surface area contributed by atoms with E-state index >= 15 is 0 Å². The van der Waals surface area contributed by atoms with Crippen LogP contribution in [0.4, 0.5) is 11.4 Å². The fourth-order valence-corrected chi connectivity index (χ4v) is 4.19. The molecular weight excluding hydrogens is 506 g/mol. The van der Waals surface area contributed by atoms with E-state index in [-0.39, 0.29) is 36.3 Å². The maximum Gasteiger partial charge on any atom is 0.335 e. The number of nitrogens with one attached hydrogen (secondary N) is 2. The molecule has 38 heavy (non-hydrogen) atoms. The lowest BCUT2D eigenvalue weighted by Crippen LogP contribution is -2.28. The van der Waals surface area contributed by atoms with Crippen LogP contribution in [0.25, 0.3) is 0 Å². The second-order valence-electron chi connectivity index (χ2n) is 9.05. The summed E-state index contributed by atoms with van der Waals surface area (Å²) in [5.41, 5.74) is 8.64. The molecular formula is C28H32ClN5O4. The summed E-state index contributed by atoms with van der Waals surface area (Å²) in [6, 6.07) is 18.8. The van der Waals surface area contributed by atoms with Gasteiger partial charge in [-0.3, -0.25) is 10.2 Å². The van der Waals surface area contributed by atoms with Gasteiger partial charge in [0.1, 0.15) is 18.2 Å². The molecule has 5 N–H and O–H groups in total. The number of amides is 1. The SMILES string of the molecule is CN1CCCN(c2ccc(C(=O)Nc3cc(C(=O)O)ccc3COc3cccc(C(=N)N)c3)cc2)CC1.Cl. The molecule has 4 rings (SSSR count). The first-order valence-electron chi connectivity index (χ1n) is 12.1. The lowest BCUT2D eigenvalue weighted by molar-refractivity contribution is 0.0696. The molecule has 200 valence electrons. The van der Waals surface area contributed by atoms with Crippen LogP contribution in [0.15, 0.2) is 66.7 Å². The molecule has 0 spiro atoms. The van der Waals surface area contributed by atoms with Gasteiger partial charge in [-0.1, -0.05) is 18.2 Å². The summed E-state index contributed by atoms with van der Waals surface area (Å²) < 4.78 is 5.85. The number of ether oxygens (including phenoxy) is 1. The number of rotatable bonds is 8. The highest BCUT2D eigenvalue weighted by atomic mass is 35.5. The maximum absolute atomic E-state index is 13.1. The minimum Gasteiger partial charge on any atom is -0.489 e. The van der Waals surface area contributed by atoms with Crippen LogP contribution in [0.2, 0.25) is 0 Å². The monoisotopic (exact) mass is 537 g/mol. The summed E-state index contributed by atoms with van der Waals surface area (Å²) in [6.45, 7) is 4.05. The molecule has 9 nitrogen and oxygen atoms in total. The topological polar surface area (TPSA) is 132 Å². The molecule has 1 amide bonds. The molecule has 0 saturated carbocycles. The number of nitrogens with zero attached hydrogens (tertiary/aromatic N) is 2. The highest BCUT2D eigenvalue weighted by molar-refractivity contribution is 6.05. The van der Waals surface area contributed by atoms with Crippen LogP contribution in [0.3, 0.4) is 0 Å². The standard InChI is InChI=1S/C28H31N5O4.ClH/c1-32-12-3-13-33(15-14-32)23-10-8-19(9-11-23)27(34)31-25-17-21(28(35)36)6-7-22(25)18-37-24-5-2-4-20(16-24)26(29)30;/h2,4-11,16-17H,3,12-15,18H2,1H3,(H3,29,30)(H,31,34)(H,35,36);1H. The van der Waals surface area contributed by atoms with Crippen molar-refractivity contribution in [1.29, 1.82) is 5.41 Å². The molecule has 1 aliphatic rings. The second-order valence-corrected chi connectivity index (χ2v) is 9.05. The van der Waals surface area contributed by atoms with Gasteiger partial charge < -0.3 is 30.7 Å². The van der Waals surface area contributed by atoms with Crippen molar-refractivity contribution in [2.24, 2.45) is 5.73 Å². The van der Waals surface area contributed by atoms with Crippen molar-refractivity contribution in [3.05, 3.63) is 89.0 Å². The number of carboxylic acid groups (broad SMARTS) is 1. The summed E-state index contributed by atoms with van der Waals surface area (Å²) in [5, 5.41) is 19.9. The molecule has 1 aliphatic heterocycles. The Kier molecular flexibility index (Phi) is 9.70. The number of aromatic carboxylic acids is 1. The smallest absolute Gasteiger partial charge is 0.335 e. The van der Waals surface area contributed by atoms with E-state index in [0.29, 0.717) is 28.1 Å². The molecule has 0 aromatic heterocycles. The number of hydrogen-bond acceptors (Lipinski definition) is 6. The van der Waals surface area contributed by atoms with Crippen molar-refractivity contribution >= 4 is 41.5 Å². The van der Waals surface area contributed by atoms with Crippen LogP contribution >= 0.6 is 12.4 Å². The number of carboxylic acids is 1. The average molecular weight is 538 g/mol. The Balaban J connectivity index is 0.00000400. The fourth-order valence-electron chi connectivity index (χ4n) is 4.19. The van der Waals surface area contributed by atoms with E-state index in [1.807, 2.05) is 12.1 Å². The van der Waals surface area contributed by atoms with E-state index in [1.165, 1.54) is 12.1 Å². The van der Waals surface area contributed by atoms with Crippen LogP contribution in [0.5, 0.6) is 5.75 Å². The minimum atomic E-state index is -1.09. The van der Waals surface area contributed by atoms with Crippen molar-refractivity contribution in [3.8, 4) is 5.75 Å². The molecule has 0 atom stereocenters. The number of likely N-dealkylation sites (N-methyl/N-ethyl adjacent to an activating group) is 1. The fraction of sp³-hybridized carbons (Fsp3) is 0.250. The molecule has 0 bridgehead atoms. The molecule has 1 heterocycles. The highest BCUT2D eigenvalue weighted by Gasteiger charge is 2.16. The summed E-state index contributed by atoms with van der Waals surface area (Å²) >= 11 is 0. The van der Waals surface area contributed by atoms with Crippen molar-refractivity contribution in [2.45, 2.75) is 13.0 Å². The van der Waals surface area contributed by atoms with Crippen molar-refractivity contribution in [3.63, 3.8) is 0 Å². The van der Waals surface area contributed by atoms with Gasteiger partial charge in [0.15, 0.2) is 0 Å². The van der Waals surface area contributed by atoms with Gasteiger partial charge in [0.2, 0.25) is 0 Å². The molecule has 10 heteroatoms. The second kappa shape index (κ2) is 12.9. The predicted octanol–water partition coefficient (Wildman–Crippen LogP) is 4.06. The number of hydrogen-bond donors (Lipinski definition) is 4. The van der Waals surface area contributed by atoms with Gasteiger partial charge in [-0.2, -0.15) is 0 Å². The summed E-state index contributed by atoms with van der Waals surface area (Å²) in [6.07, 6.45) is 1.09. The van der Waals surface area contributed by atoms with Crippen LogP contribution in [0, 0.1) is 5.41 Å². The molecule has 0 radical (unpaired) electrons. The van der Waals surface area contributed by atoms with Crippen molar-refractivity contribution in [1.82, 2.24) is 4.90 Å². The molecule has 3 aromatic rings.